The summed E-state index contributed by atoms with van der Waals surface area (Å²) < 4.78 is 1.77. The molecule has 0 spiro atoms. The predicted octanol–water partition coefficient (Wildman–Crippen LogP) is 1.84. The van der Waals surface area contributed by atoms with Crippen LogP contribution >= 0.6 is 11.3 Å². The van der Waals surface area contributed by atoms with Crippen LogP contribution in [0.5, 0.6) is 0 Å². The van der Waals surface area contributed by atoms with Crippen molar-refractivity contribution in [1.82, 2.24) is 19.6 Å². The second-order valence-corrected chi connectivity index (χ2v) is 4.52. The van der Waals surface area contributed by atoms with Crippen LogP contribution in [-0.2, 0) is 6.42 Å². The van der Waals surface area contributed by atoms with E-state index in [0.717, 1.165) is 28.8 Å². The third-order valence-electron chi connectivity index (χ3n) is 2.36. The van der Waals surface area contributed by atoms with Gasteiger partial charge >= 0.3 is 0 Å². The maximum Gasteiger partial charge on any atom is 0.213 e. The fourth-order valence-electron chi connectivity index (χ4n) is 1.55. The highest BCUT2D eigenvalue weighted by atomic mass is 32.1. The lowest BCUT2D eigenvalue weighted by Crippen LogP contribution is -2.05. The molecule has 6 heteroatoms. The second-order valence-electron chi connectivity index (χ2n) is 3.56. The van der Waals surface area contributed by atoms with Crippen LogP contribution in [-0.4, -0.2) is 26.1 Å². The highest BCUT2D eigenvalue weighted by Crippen LogP contribution is 2.17. The second kappa shape index (κ2) is 4.50. The molecule has 0 radical (unpaired) electrons. The zero-order valence-corrected chi connectivity index (χ0v) is 9.89. The molecule has 0 atom stereocenters. The maximum absolute atomic E-state index is 4.35. The molecule has 3 rings (SSSR count). The molecule has 86 valence electrons. The lowest BCUT2D eigenvalue weighted by molar-refractivity contribution is 0.929. The number of hydrogen-bond donors (Lipinski definition) is 1. The van der Waals surface area contributed by atoms with Crippen LogP contribution in [0.1, 0.15) is 5.69 Å². The quantitative estimate of drug-likeness (QED) is 0.762. The summed E-state index contributed by atoms with van der Waals surface area (Å²) in [6.45, 7) is 0.827. The first-order valence-corrected chi connectivity index (χ1v) is 6.17. The summed E-state index contributed by atoms with van der Waals surface area (Å²) in [6.07, 6.45) is 6.29. The van der Waals surface area contributed by atoms with Gasteiger partial charge < -0.3 is 5.32 Å². The van der Waals surface area contributed by atoms with Crippen LogP contribution in [0.2, 0.25) is 0 Å². The van der Waals surface area contributed by atoms with Crippen molar-refractivity contribution in [3.8, 4) is 0 Å². The van der Waals surface area contributed by atoms with Gasteiger partial charge in [0.15, 0.2) is 0 Å². The number of nitrogens with one attached hydrogen (secondary N) is 1. The number of nitrogens with zero attached hydrogens (tertiary/aromatic N) is 4. The minimum Gasteiger partial charge on any atom is -0.360 e. The van der Waals surface area contributed by atoms with Gasteiger partial charge in [-0.1, -0.05) is 17.4 Å². The summed E-state index contributed by atoms with van der Waals surface area (Å²) in [6, 6.07) is 5.95. The van der Waals surface area contributed by atoms with E-state index in [2.05, 4.69) is 20.4 Å². The van der Waals surface area contributed by atoms with Crippen LogP contribution in [0.25, 0.3) is 4.96 Å². The molecular formula is C11H11N5S. The topological polar surface area (TPSA) is 55.1 Å². The Balaban J connectivity index is 1.59. The van der Waals surface area contributed by atoms with Crippen molar-refractivity contribution >= 4 is 21.4 Å². The Morgan fingerprint density at radius 2 is 2.24 bits per heavy atom. The molecule has 0 bridgehead atoms. The van der Waals surface area contributed by atoms with Gasteiger partial charge in [0, 0.05) is 31.1 Å². The van der Waals surface area contributed by atoms with Crippen molar-refractivity contribution in [2.45, 2.75) is 6.42 Å². The molecular weight excluding hydrogens is 234 g/mol. The van der Waals surface area contributed by atoms with Crippen LogP contribution in [0.3, 0.4) is 0 Å². The summed E-state index contributed by atoms with van der Waals surface area (Å²) in [5, 5.41) is 8.51. The van der Waals surface area contributed by atoms with E-state index >= 15 is 0 Å². The van der Waals surface area contributed by atoms with Crippen molar-refractivity contribution in [3.63, 3.8) is 0 Å². The zero-order valence-electron chi connectivity index (χ0n) is 9.08. The van der Waals surface area contributed by atoms with Gasteiger partial charge in [-0.2, -0.15) is 0 Å². The maximum atomic E-state index is 4.35. The summed E-state index contributed by atoms with van der Waals surface area (Å²) in [7, 11) is 0. The lowest BCUT2D eigenvalue weighted by atomic mass is 10.3. The van der Waals surface area contributed by atoms with Gasteiger partial charge in [0.1, 0.15) is 0 Å². The van der Waals surface area contributed by atoms with Crippen molar-refractivity contribution < 1.29 is 0 Å². The molecule has 0 aliphatic carbocycles. The first-order chi connectivity index (χ1) is 8.42. The molecule has 0 saturated heterocycles. The highest BCUT2D eigenvalue weighted by Gasteiger charge is 2.03. The number of hydrogen-bond acceptors (Lipinski definition) is 5. The average molecular weight is 245 g/mol. The third-order valence-corrected chi connectivity index (χ3v) is 3.25. The van der Waals surface area contributed by atoms with Crippen molar-refractivity contribution in [2.24, 2.45) is 0 Å². The molecule has 1 N–H and O–H groups in total. The van der Waals surface area contributed by atoms with Gasteiger partial charge in [-0.3, -0.25) is 4.98 Å². The molecule has 3 aromatic rings. The largest absolute Gasteiger partial charge is 0.360 e. The van der Waals surface area contributed by atoms with Crippen LogP contribution < -0.4 is 5.32 Å². The van der Waals surface area contributed by atoms with Gasteiger partial charge in [-0.25, -0.2) is 9.50 Å². The number of anilines is 1. The normalized spacial score (nSPS) is 10.8. The molecule has 0 fully saturated rings. The van der Waals surface area contributed by atoms with Gasteiger partial charge in [0.25, 0.3) is 0 Å². The van der Waals surface area contributed by atoms with Crippen molar-refractivity contribution in [2.75, 3.05) is 11.9 Å². The fourth-order valence-corrected chi connectivity index (χ4v) is 2.34. The number of fused-ring (bicyclic) bond motifs is 1. The first-order valence-electron chi connectivity index (χ1n) is 5.36. The fraction of sp³-hybridized carbons (Fsp3) is 0.182. The Morgan fingerprint density at radius 1 is 1.24 bits per heavy atom. The van der Waals surface area contributed by atoms with E-state index in [1.807, 2.05) is 30.6 Å². The van der Waals surface area contributed by atoms with E-state index in [1.54, 1.807) is 22.0 Å². The zero-order chi connectivity index (χ0) is 11.5. The lowest BCUT2D eigenvalue weighted by Gasteiger charge is -2.00. The van der Waals surface area contributed by atoms with E-state index in [0.29, 0.717) is 0 Å². The van der Waals surface area contributed by atoms with E-state index in [-0.39, 0.29) is 0 Å². The van der Waals surface area contributed by atoms with Crippen molar-refractivity contribution in [3.05, 3.63) is 42.5 Å². The number of aromatic nitrogens is 4. The van der Waals surface area contributed by atoms with E-state index in [9.17, 15) is 0 Å². The molecule has 5 nitrogen and oxygen atoms in total. The van der Waals surface area contributed by atoms with Gasteiger partial charge in [-0.05, 0) is 12.1 Å². The van der Waals surface area contributed by atoms with Crippen molar-refractivity contribution in [1.29, 1.82) is 0 Å². The number of imidazole rings is 1. The third kappa shape index (κ3) is 2.26. The molecule has 0 aliphatic rings. The average Bonchev–Trinajstić information content (AvgIpc) is 2.91. The molecule has 0 aliphatic heterocycles. The molecule has 0 aromatic carbocycles. The molecule has 0 unspecified atom stereocenters. The van der Waals surface area contributed by atoms with E-state index in [1.165, 1.54) is 0 Å². The Labute approximate surface area is 102 Å². The molecule has 3 aromatic heterocycles. The minimum atomic E-state index is 0.827. The van der Waals surface area contributed by atoms with E-state index in [4.69, 9.17) is 0 Å². The Bertz CT molecular complexity index is 572. The molecule has 0 amide bonds. The highest BCUT2D eigenvalue weighted by molar-refractivity contribution is 7.20. The van der Waals surface area contributed by atoms with Crippen LogP contribution in [0, 0.1) is 0 Å². The SMILES string of the molecule is c1ccc(CCNc2nn3ccnc3s2)nc1. The smallest absolute Gasteiger partial charge is 0.213 e. The number of rotatable bonds is 4. The Morgan fingerprint density at radius 3 is 3.06 bits per heavy atom. The van der Waals surface area contributed by atoms with Crippen LogP contribution in [0.4, 0.5) is 5.13 Å². The minimum absolute atomic E-state index is 0.827. The first kappa shape index (κ1) is 10.2. The van der Waals surface area contributed by atoms with Gasteiger partial charge in [-0.15, -0.1) is 5.10 Å². The van der Waals surface area contributed by atoms with Gasteiger partial charge in [0.05, 0.1) is 6.20 Å². The summed E-state index contributed by atoms with van der Waals surface area (Å²) in [5.41, 5.74) is 1.08. The standard InChI is InChI=1S/C11H11N5S/c1-2-5-12-9(3-1)4-6-13-10-15-16-8-7-14-11(16)17-10/h1-3,5,7-8H,4,6H2,(H,13,15). The molecule has 0 saturated carbocycles. The summed E-state index contributed by atoms with van der Waals surface area (Å²) in [5.74, 6) is 0. The monoisotopic (exact) mass is 245 g/mol. The number of pyridine rings is 1. The van der Waals surface area contributed by atoms with Crippen LogP contribution in [0.15, 0.2) is 36.8 Å². The van der Waals surface area contributed by atoms with Gasteiger partial charge in [0.2, 0.25) is 10.1 Å². The Hall–Kier alpha value is -1.95. The molecule has 17 heavy (non-hydrogen) atoms. The summed E-state index contributed by atoms with van der Waals surface area (Å²) in [4.78, 5) is 9.35. The Kier molecular flexibility index (Phi) is 2.71. The van der Waals surface area contributed by atoms with E-state index < -0.39 is 0 Å². The molecule has 3 heterocycles. The predicted molar refractivity (Wildman–Crippen MR) is 67.3 cm³/mol. The summed E-state index contributed by atoms with van der Waals surface area (Å²) >= 11 is 1.55.